The fourth-order valence-corrected chi connectivity index (χ4v) is 1.19. The van der Waals surface area contributed by atoms with Crippen molar-refractivity contribution >= 4 is 5.69 Å². The Bertz CT molecular complexity index is 281. The van der Waals surface area contributed by atoms with E-state index in [0.29, 0.717) is 5.75 Å². The first kappa shape index (κ1) is 8.91. The summed E-state index contributed by atoms with van der Waals surface area (Å²) in [5, 5.41) is 12.6. The standard InChI is InChI=1S/C10H15NO/c1-4-11-9-5-6-10(12)8(3)7(9)2/h5-6,11-12H,4H2,1-3H3. The number of rotatable bonds is 2. The van der Waals surface area contributed by atoms with Gasteiger partial charge in [-0.3, -0.25) is 0 Å². The van der Waals surface area contributed by atoms with Crippen LogP contribution in [0, 0.1) is 13.8 Å². The molecule has 0 saturated carbocycles. The molecule has 0 heterocycles. The van der Waals surface area contributed by atoms with Crippen LogP contribution in [0.1, 0.15) is 18.1 Å². The number of hydrogen-bond acceptors (Lipinski definition) is 2. The molecule has 0 aliphatic carbocycles. The Hall–Kier alpha value is -1.18. The van der Waals surface area contributed by atoms with E-state index in [4.69, 9.17) is 0 Å². The molecule has 2 nitrogen and oxygen atoms in total. The topological polar surface area (TPSA) is 32.3 Å². The second-order valence-corrected chi connectivity index (χ2v) is 2.91. The van der Waals surface area contributed by atoms with Crippen molar-refractivity contribution in [2.75, 3.05) is 11.9 Å². The van der Waals surface area contributed by atoms with E-state index in [1.807, 2.05) is 19.9 Å². The quantitative estimate of drug-likeness (QED) is 0.660. The molecule has 0 amide bonds. The van der Waals surface area contributed by atoms with Crippen LogP contribution in [0.5, 0.6) is 5.75 Å². The molecule has 0 radical (unpaired) electrons. The first-order valence-corrected chi connectivity index (χ1v) is 4.19. The molecule has 0 unspecified atom stereocenters. The molecule has 66 valence electrons. The zero-order valence-corrected chi connectivity index (χ0v) is 7.81. The second-order valence-electron chi connectivity index (χ2n) is 2.91. The summed E-state index contributed by atoms with van der Waals surface area (Å²) in [5.74, 6) is 0.370. The largest absolute Gasteiger partial charge is 0.508 e. The number of anilines is 1. The Kier molecular flexibility index (Phi) is 2.58. The van der Waals surface area contributed by atoms with Crippen LogP contribution in [-0.2, 0) is 0 Å². The van der Waals surface area contributed by atoms with Crippen molar-refractivity contribution < 1.29 is 5.11 Å². The van der Waals surface area contributed by atoms with E-state index >= 15 is 0 Å². The van der Waals surface area contributed by atoms with Gasteiger partial charge >= 0.3 is 0 Å². The molecular weight excluding hydrogens is 150 g/mol. The summed E-state index contributed by atoms with van der Waals surface area (Å²) >= 11 is 0. The monoisotopic (exact) mass is 165 g/mol. The smallest absolute Gasteiger partial charge is 0.118 e. The molecular formula is C10H15NO. The zero-order chi connectivity index (χ0) is 9.14. The Labute approximate surface area is 73.2 Å². The van der Waals surface area contributed by atoms with E-state index in [2.05, 4.69) is 12.2 Å². The summed E-state index contributed by atoms with van der Waals surface area (Å²) in [6.07, 6.45) is 0. The van der Waals surface area contributed by atoms with E-state index in [-0.39, 0.29) is 0 Å². The SMILES string of the molecule is CCNc1ccc(O)c(C)c1C. The van der Waals surface area contributed by atoms with Gasteiger partial charge in [0.05, 0.1) is 0 Å². The van der Waals surface area contributed by atoms with Crippen LogP contribution in [0.15, 0.2) is 12.1 Å². The molecule has 0 saturated heterocycles. The third-order valence-electron chi connectivity index (χ3n) is 2.13. The fourth-order valence-electron chi connectivity index (χ4n) is 1.19. The van der Waals surface area contributed by atoms with E-state index in [1.165, 1.54) is 0 Å². The Morgan fingerprint density at radius 2 is 1.92 bits per heavy atom. The number of phenolic OH excluding ortho intramolecular Hbond substituents is 1. The molecule has 1 aromatic rings. The molecule has 2 heteroatoms. The predicted octanol–water partition coefficient (Wildman–Crippen LogP) is 2.44. The highest BCUT2D eigenvalue weighted by Gasteiger charge is 2.03. The van der Waals surface area contributed by atoms with Crippen molar-refractivity contribution in [2.45, 2.75) is 20.8 Å². The number of aromatic hydroxyl groups is 1. The van der Waals surface area contributed by atoms with Crippen LogP contribution in [0.4, 0.5) is 5.69 Å². The molecule has 0 aliphatic rings. The Morgan fingerprint density at radius 3 is 2.50 bits per heavy atom. The lowest BCUT2D eigenvalue weighted by molar-refractivity contribution is 0.470. The van der Waals surface area contributed by atoms with E-state index in [0.717, 1.165) is 23.4 Å². The summed E-state index contributed by atoms with van der Waals surface area (Å²) in [6, 6.07) is 3.63. The van der Waals surface area contributed by atoms with Crippen molar-refractivity contribution in [3.63, 3.8) is 0 Å². The summed E-state index contributed by atoms with van der Waals surface area (Å²) < 4.78 is 0. The predicted molar refractivity (Wildman–Crippen MR) is 51.7 cm³/mol. The first-order chi connectivity index (χ1) is 5.66. The number of benzene rings is 1. The van der Waals surface area contributed by atoms with Crippen LogP contribution in [-0.4, -0.2) is 11.7 Å². The van der Waals surface area contributed by atoms with Gasteiger partial charge in [0.2, 0.25) is 0 Å². The molecule has 2 N–H and O–H groups in total. The van der Waals surface area contributed by atoms with Crippen LogP contribution < -0.4 is 5.32 Å². The van der Waals surface area contributed by atoms with Crippen LogP contribution in [0.25, 0.3) is 0 Å². The average molecular weight is 165 g/mol. The maximum atomic E-state index is 9.36. The molecule has 1 rings (SSSR count). The first-order valence-electron chi connectivity index (χ1n) is 4.19. The number of nitrogens with one attached hydrogen (secondary N) is 1. The van der Waals surface area contributed by atoms with Crippen molar-refractivity contribution in [2.24, 2.45) is 0 Å². The Morgan fingerprint density at radius 1 is 1.25 bits per heavy atom. The average Bonchev–Trinajstić information content (AvgIpc) is 2.07. The van der Waals surface area contributed by atoms with Crippen LogP contribution in [0.3, 0.4) is 0 Å². The van der Waals surface area contributed by atoms with Gasteiger partial charge in [-0.15, -0.1) is 0 Å². The lowest BCUT2D eigenvalue weighted by Crippen LogP contribution is -1.99. The highest BCUT2D eigenvalue weighted by molar-refractivity contribution is 5.57. The lowest BCUT2D eigenvalue weighted by atomic mass is 10.1. The van der Waals surface area contributed by atoms with Gasteiger partial charge in [-0.2, -0.15) is 0 Å². The van der Waals surface area contributed by atoms with E-state index in [1.54, 1.807) is 6.07 Å². The highest BCUT2D eigenvalue weighted by atomic mass is 16.3. The molecule has 0 spiro atoms. The van der Waals surface area contributed by atoms with Crippen molar-refractivity contribution in [3.8, 4) is 5.75 Å². The van der Waals surface area contributed by atoms with Crippen LogP contribution in [0.2, 0.25) is 0 Å². The lowest BCUT2D eigenvalue weighted by Gasteiger charge is -2.10. The van der Waals surface area contributed by atoms with Gasteiger partial charge in [-0.05, 0) is 44.0 Å². The fraction of sp³-hybridized carbons (Fsp3) is 0.400. The number of phenols is 1. The van der Waals surface area contributed by atoms with Crippen LogP contribution >= 0.6 is 0 Å². The van der Waals surface area contributed by atoms with Crippen molar-refractivity contribution in [3.05, 3.63) is 23.3 Å². The summed E-state index contributed by atoms with van der Waals surface area (Å²) in [5.41, 5.74) is 3.18. The van der Waals surface area contributed by atoms with E-state index in [9.17, 15) is 5.11 Å². The van der Waals surface area contributed by atoms with Crippen molar-refractivity contribution in [1.29, 1.82) is 0 Å². The Balaban J connectivity index is 3.08. The maximum Gasteiger partial charge on any atom is 0.118 e. The molecule has 0 atom stereocenters. The third kappa shape index (κ3) is 1.52. The second kappa shape index (κ2) is 3.48. The van der Waals surface area contributed by atoms with Gasteiger partial charge in [0.1, 0.15) is 5.75 Å². The summed E-state index contributed by atoms with van der Waals surface area (Å²) in [6.45, 7) is 6.89. The molecule has 0 bridgehead atoms. The normalized spacial score (nSPS) is 9.92. The minimum atomic E-state index is 0.370. The van der Waals surface area contributed by atoms with Gasteiger partial charge < -0.3 is 10.4 Å². The minimum absolute atomic E-state index is 0.370. The third-order valence-corrected chi connectivity index (χ3v) is 2.13. The highest BCUT2D eigenvalue weighted by Crippen LogP contribution is 2.25. The van der Waals surface area contributed by atoms with Gasteiger partial charge in [0.25, 0.3) is 0 Å². The van der Waals surface area contributed by atoms with Gasteiger partial charge in [-0.1, -0.05) is 0 Å². The summed E-state index contributed by atoms with van der Waals surface area (Å²) in [4.78, 5) is 0. The maximum absolute atomic E-state index is 9.36. The summed E-state index contributed by atoms with van der Waals surface area (Å²) in [7, 11) is 0. The molecule has 12 heavy (non-hydrogen) atoms. The minimum Gasteiger partial charge on any atom is -0.508 e. The molecule has 0 aromatic heterocycles. The van der Waals surface area contributed by atoms with E-state index < -0.39 is 0 Å². The van der Waals surface area contributed by atoms with Gasteiger partial charge in [-0.25, -0.2) is 0 Å². The zero-order valence-electron chi connectivity index (χ0n) is 7.81. The van der Waals surface area contributed by atoms with Crippen molar-refractivity contribution in [1.82, 2.24) is 0 Å². The molecule has 0 aliphatic heterocycles. The van der Waals surface area contributed by atoms with Gasteiger partial charge in [0, 0.05) is 12.2 Å². The number of hydrogen-bond donors (Lipinski definition) is 2. The molecule has 0 fully saturated rings. The molecule has 1 aromatic carbocycles. The van der Waals surface area contributed by atoms with Gasteiger partial charge in [0.15, 0.2) is 0 Å².